The maximum atomic E-state index is 6.17. The van der Waals surface area contributed by atoms with Crippen LogP contribution in [0.3, 0.4) is 0 Å². The van der Waals surface area contributed by atoms with Gasteiger partial charge in [0.15, 0.2) is 0 Å². The molecule has 2 N–H and O–H groups in total. The maximum absolute atomic E-state index is 6.17. The lowest BCUT2D eigenvalue weighted by Gasteiger charge is -2.25. The van der Waals surface area contributed by atoms with Gasteiger partial charge in [0.2, 0.25) is 0 Å². The molecule has 0 bridgehead atoms. The second-order valence-electron chi connectivity index (χ2n) is 6.79. The normalized spacial score (nSPS) is 33.5. The first-order chi connectivity index (χ1) is 8.31. The topological polar surface area (TPSA) is 29.3 Å². The second-order valence-corrected chi connectivity index (χ2v) is 6.79. The van der Waals surface area contributed by atoms with Crippen LogP contribution in [-0.4, -0.2) is 30.6 Å². The van der Waals surface area contributed by atoms with Crippen LogP contribution in [0, 0.1) is 17.8 Å². The minimum absolute atomic E-state index is 0.513. The maximum Gasteiger partial charge on any atom is 0.00676 e. The fraction of sp³-hybridized carbons (Fsp3) is 1.00. The Morgan fingerprint density at radius 1 is 0.882 bits per heavy atom. The van der Waals surface area contributed by atoms with Crippen molar-refractivity contribution >= 4 is 0 Å². The highest BCUT2D eigenvalue weighted by Crippen LogP contribution is 2.34. The second kappa shape index (κ2) is 5.27. The molecule has 0 aliphatic heterocycles. The van der Waals surface area contributed by atoms with Gasteiger partial charge in [-0.3, -0.25) is 0 Å². The molecule has 2 heteroatoms. The number of hydrogen-bond acceptors (Lipinski definition) is 2. The number of hydrogen-bond donors (Lipinski definition) is 1. The van der Waals surface area contributed by atoms with Crippen molar-refractivity contribution in [3.63, 3.8) is 0 Å². The first kappa shape index (κ1) is 12.0. The van der Waals surface area contributed by atoms with Crippen LogP contribution in [0.15, 0.2) is 0 Å². The van der Waals surface area contributed by atoms with Gasteiger partial charge >= 0.3 is 0 Å². The molecule has 98 valence electrons. The molecule has 2 nitrogen and oxygen atoms in total. The van der Waals surface area contributed by atoms with E-state index in [1.165, 1.54) is 71.0 Å². The van der Waals surface area contributed by atoms with Crippen molar-refractivity contribution in [2.24, 2.45) is 23.5 Å². The molecule has 3 rings (SSSR count). The van der Waals surface area contributed by atoms with Crippen molar-refractivity contribution in [1.29, 1.82) is 0 Å². The zero-order valence-electron chi connectivity index (χ0n) is 11.1. The average Bonchev–Trinajstić information content (AvgIpc) is 3.21. The third-order valence-electron chi connectivity index (χ3n) is 4.96. The third kappa shape index (κ3) is 3.69. The van der Waals surface area contributed by atoms with Gasteiger partial charge in [-0.05, 0) is 69.2 Å². The fourth-order valence-corrected chi connectivity index (χ4v) is 3.36. The van der Waals surface area contributed by atoms with E-state index in [9.17, 15) is 0 Å². The van der Waals surface area contributed by atoms with Gasteiger partial charge in [-0.1, -0.05) is 6.42 Å². The molecule has 0 heterocycles. The standard InChI is InChI=1S/C15H28N2/c16-15-3-1-2-14(15)8-9-17(10-12-4-5-12)11-13-6-7-13/h12-15H,1-11,16H2. The molecule has 0 radical (unpaired) electrons. The Kier molecular flexibility index (Phi) is 3.72. The third-order valence-corrected chi connectivity index (χ3v) is 4.96. The summed E-state index contributed by atoms with van der Waals surface area (Å²) in [5.41, 5.74) is 6.17. The fourth-order valence-electron chi connectivity index (χ4n) is 3.36. The Morgan fingerprint density at radius 3 is 2.00 bits per heavy atom. The van der Waals surface area contributed by atoms with Gasteiger partial charge < -0.3 is 10.6 Å². The largest absolute Gasteiger partial charge is 0.327 e. The summed E-state index contributed by atoms with van der Waals surface area (Å²) in [6.07, 6.45) is 11.4. The van der Waals surface area contributed by atoms with Crippen molar-refractivity contribution < 1.29 is 0 Å². The molecule has 2 atom stereocenters. The van der Waals surface area contributed by atoms with E-state index in [1.807, 2.05) is 0 Å². The summed E-state index contributed by atoms with van der Waals surface area (Å²) in [7, 11) is 0. The van der Waals surface area contributed by atoms with Crippen molar-refractivity contribution in [1.82, 2.24) is 4.90 Å². The molecule has 0 amide bonds. The van der Waals surface area contributed by atoms with E-state index >= 15 is 0 Å². The highest BCUT2D eigenvalue weighted by molar-refractivity contribution is 4.85. The van der Waals surface area contributed by atoms with Crippen molar-refractivity contribution in [2.45, 2.75) is 57.4 Å². The first-order valence-corrected chi connectivity index (χ1v) is 7.79. The van der Waals surface area contributed by atoms with E-state index in [-0.39, 0.29) is 0 Å². The molecule has 17 heavy (non-hydrogen) atoms. The molecular weight excluding hydrogens is 208 g/mol. The molecule has 0 spiro atoms. The minimum atomic E-state index is 0.513. The van der Waals surface area contributed by atoms with Gasteiger partial charge in [0.05, 0.1) is 0 Å². The van der Waals surface area contributed by atoms with Gasteiger partial charge in [-0.25, -0.2) is 0 Å². The highest BCUT2D eigenvalue weighted by atomic mass is 15.1. The summed E-state index contributed by atoms with van der Waals surface area (Å²) in [5, 5.41) is 0. The lowest BCUT2D eigenvalue weighted by atomic mass is 10.00. The number of rotatable bonds is 7. The van der Waals surface area contributed by atoms with Gasteiger partial charge in [-0.2, -0.15) is 0 Å². The van der Waals surface area contributed by atoms with Crippen LogP contribution in [0.4, 0.5) is 0 Å². The van der Waals surface area contributed by atoms with Crippen LogP contribution in [-0.2, 0) is 0 Å². The van der Waals surface area contributed by atoms with Crippen LogP contribution in [0.1, 0.15) is 51.4 Å². The lowest BCUT2D eigenvalue weighted by Crippen LogP contribution is -2.33. The van der Waals surface area contributed by atoms with Crippen LogP contribution >= 0.6 is 0 Å². The zero-order valence-corrected chi connectivity index (χ0v) is 11.1. The summed E-state index contributed by atoms with van der Waals surface area (Å²) in [4.78, 5) is 2.76. The summed E-state index contributed by atoms with van der Waals surface area (Å²) in [6, 6.07) is 0.513. The molecule has 0 aromatic heterocycles. The Morgan fingerprint density at radius 2 is 1.53 bits per heavy atom. The zero-order chi connectivity index (χ0) is 11.7. The van der Waals surface area contributed by atoms with Crippen molar-refractivity contribution in [3.05, 3.63) is 0 Å². The van der Waals surface area contributed by atoms with E-state index in [1.54, 1.807) is 0 Å². The minimum Gasteiger partial charge on any atom is -0.327 e. The van der Waals surface area contributed by atoms with Crippen LogP contribution < -0.4 is 5.73 Å². The summed E-state index contributed by atoms with van der Waals surface area (Å²) in [5.74, 6) is 2.92. The van der Waals surface area contributed by atoms with E-state index < -0.39 is 0 Å². The molecule has 0 aromatic carbocycles. The smallest absolute Gasteiger partial charge is 0.00676 e. The monoisotopic (exact) mass is 236 g/mol. The molecule has 0 saturated heterocycles. The van der Waals surface area contributed by atoms with Crippen molar-refractivity contribution in [2.75, 3.05) is 19.6 Å². The van der Waals surface area contributed by atoms with Gasteiger partial charge in [0, 0.05) is 19.1 Å². The van der Waals surface area contributed by atoms with Crippen LogP contribution in [0.5, 0.6) is 0 Å². The first-order valence-electron chi connectivity index (χ1n) is 7.79. The van der Waals surface area contributed by atoms with Gasteiger partial charge in [0.25, 0.3) is 0 Å². The molecule has 3 aliphatic carbocycles. The molecule has 3 aliphatic rings. The van der Waals surface area contributed by atoms with Crippen LogP contribution in [0.2, 0.25) is 0 Å². The van der Waals surface area contributed by atoms with Crippen LogP contribution in [0.25, 0.3) is 0 Å². The summed E-state index contributed by atoms with van der Waals surface area (Å²) in [6.45, 7) is 4.10. The summed E-state index contributed by atoms with van der Waals surface area (Å²) >= 11 is 0. The van der Waals surface area contributed by atoms with Gasteiger partial charge in [-0.15, -0.1) is 0 Å². The predicted molar refractivity (Wildman–Crippen MR) is 71.8 cm³/mol. The molecular formula is C15H28N2. The molecule has 3 saturated carbocycles. The Hall–Kier alpha value is -0.0800. The molecule has 2 unspecified atom stereocenters. The van der Waals surface area contributed by atoms with E-state index in [2.05, 4.69) is 4.90 Å². The quantitative estimate of drug-likeness (QED) is 0.736. The Labute approximate surface area is 106 Å². The predicted octanol–water partition coefficient (Wildman–Crippen LogP) is 2.63. The molecule has 0 aromatic rings. The van der Waals surface area contributed by atoms with E-state index in [0.717, 1.165) is 17.8 Å². The summed E-state index contributed by atoms with van der Waals surface area (Å²) < 4.78 is 0. The van der Waals surface area contributed by atoms with Crippen molar-refractivity contribution in [3.8, 4) is 0 Å². The van der Waals surface area contributed by atoms with E-state index in [4.69, 9.17) is 5.73 Å². The van der Waals surface area contributed by atoms with Gasteiger partial charge in [0.1, 0.15) is 0 Å². The highest BCUT2D eigenvalue weighted by Gasteiger charge is 2.30. The lowest BCUT2D eigenvalue weighted by molar-refractivity contribution is 0.229. The SMILES string of the molecule is NC1CCCC1CCN(CC1CC1)CC1CC1. The Bertz CT molecular complexity index is 231. The average molecular weight is 236 g/mol. The van der Waals surface area contributed by atoms with E-state index in [0.29, 0.717) is 6.04 Å². The number of nitrogens with zero attached hydrogens (tertiary/aromatic N) is 1. The molecule has 3 fully saturated rings. The Balaban J connectivity index is 1.41. The number of nitrogens with two attached hydrogens (primary N) is 1.